The highest BCUT2D eigenvalue weighted by Crippen LogP contribution is 2.24. The van der Waals surface area contributed by atoms with E-state index < -0.39 is 5.97 Å². The molecule has 1 aliphatic heterocycles. The summed E-state index contributed by atoms with van der Waals surface area (Å²) < 4.78 is 5.38. The Morgan fingerprint density at radius 3 is 2.55 bits per heavy atom. The van der Waals surface area contributed by atoms with Crippen LogP contribution in [0.2, 0.25) is 0 Å². The van der Waals surface area contributed by atoms with E-state index in [0.717, 1.165) is 12.8 Å². The van der Waals surface area contributed by atoms with Crippen LogP contribution < -0.4 is 0 Å². The Morgan fingerprint density at radius 1 is 1.45 bits per heavy atom. The summed E-state index contributed by atoms with van der Waals surface area (Å²) >= 11 is 0. The fraction of sp³-hybridized carbons (Fsp3) is 0.875. The molecule has 0 unspecified atom stereocenters. The van der Waals surface area contributed by atoms with E-state index in [1.54, 1.807) is 0 Å². The van der Waals surface area contributed by atoms with Crippen molar-refractivity contribution in [2.24, 2.45) is 5.92 Å². The van der Waals surface area contributed by atoms with E-state index in [0.29, 0.717) is 0 Å². The van der Waals surface area contributed by atoms with E-state index in [4.69, 9.17) is 9.84 Å². The van der Waals surface area contributed by atoms with Crippen molar-refractivity contribution in [3.8, 4) is 0 Å². The molecular weight excluding hydrogens is 144 g/mol. The average molecular weight is 158 g/mol. The summed E-state index contributed by atoms with van der Waals surface area (Å²) in [5.41, 5.74) is 0. The predicted octanol–water partition coefficient (Wildman–Crippen LogP) is 1.27. The number of aliphatic carboxylic acids is 1. The molecule has 1 heterocycles. The molecule has 1 N–H and O–H groups in total. The monoisotopic (exact) mass is 158 g/mol. The first kappa shape index (κ1) is 8.53. The topological polar surface area (TPSA) is 46.5 Å². The minimum atomic E-state index is -0.732. The smallest absolute Gasteiger partial charge is 0.309 e. The molecule has 0 saturated carbocycles. The maximum Gasteiger partial charge on any atom is 0.309 e. The molecule has 0 aromatic heterocycles. The molecule has 0 spiro atoms. The van der Waals surface area contributed by atoms with Gasteiger partial charge < -0.3 is 9.84 Å². The van der Waals surface area contributed by atoms with Crippen LogP contribution in [0, 0.1) is 5.92 Å². The van der Waals surface area contributed by atoms with E-state index in [1.807, 2.05) is 13.8 Å². The van der Waals surface area contributed by atoms with Gasteiger partial charge >= 0.3 is 5.97 Å². The van der Waals surface area contributed by atoms with Gasteiger partial charge in [0.05, 0.1) is 18.1 Å². The Labute approximate surface area is 66.4 Å². The van der Waals surface area contributed by atoms with Crippen molar-refractivity contribution in [2.75, 3.05) is 0 Å². The SMILES string of the molecule is C[C@@H]1CC[C@@H](C(=O)O)[C@H](C)O1. The number of carboxylic acids is 1. The summed E-state index contributed by atoms with van der Waals surface area (Å²) in [6.45, 7) is 3.81. The van der Waals surface area contributed by atoms with Gasteiger partial charge in [-0.05, 0) is 26.7 Å². The van der Waals surface area contributed by atoms with Crippen LogP contribution in [0.4, 0.5) is 0 Å². The molecular formula is C8H14O3. The van der Waals surface area contributed by atoms with Crippen LogP contribution >= 0.6 is 0 Å². The molecule has 11 heavy (non-hydrogen) atoms. The lowest BCUT2D eigenvalue weighted by atomic mass is 9.93. The van der Waals surface area contributed by atoms with Crippen molar-refractivity contribution in [1.29, 1.82) is 0 Å². The van der Waals surface area contributed by atoms with E-state index in [1.165, 1.54) is 0 Å². The number of ether oxygens (including phenoxy) is 1. The zero-order chi connectivity index (χ0) is 8.43. The number of hydrogen-bond donors (Lipinski definition) is 1. The highest BCUT2D eigenvalue weighted by molar-refractivity contribution is 5.70. The van der Waals surface area contributed by atoms with Crippen molar-refractivity contribution >= 4 is 5.97 Å². The second-order valence-electron chi connectivity index (χ2n) is 3.17. The maximum atomic E-state index is 10.6. The van der Waals surface area contributed by atoms with Crippen LogP contribution in [0.3, 0.4) is 0 Å². The zero-order valence-corrected chi connectivity index (χ0v) is 6.91. The third-order valence-corrected chi connectivity index (χ3v) is 2.21. The second kappa shape index (κ2) is 3.22. The Kier molecular flexibility index (Phi) is 2.49. The fourth-order valence-corrected chi connectivity index (χ4v) is 1.50. The summed E-state index contributed by atoms with van der Waals surface area (Å²) in [6.07, 6.45) is 1.70. The Morgan fingerprint density at radius 2 is 2.09 bits per heavy atom. The average Bonchev–Trinajstić information content (AvgIpc) is 1.85. The van der Waals surface area contributed by atoms with Crippen LogP contribution in [-0.4, -0.2) is 23.3 Å². The number of hydrogen-bond acceptors (Lipinski definition) is 2. The van der Waals surface area contributed by atoms with Crippen LogP contribution in [0.1, 0.15) is 26.7 Å². The van der Waals surface area contributed by atoms with Gasteiger partial charge in [-0.25, -0.2) is 0 Å². The molecule has 0 aliphatic carbocycles. The van der Waals surface area contributed by atoms with Gasteiger partial charge in [0, 0.05) is 0 Å². The van der Waals surface area contributed by atoms with Gasteiger partial charge in [0.2, 0.25) is 0 Å². The molecule has 0 aromatic rings. The molecule has 3 heteroatoms. The summed E-state index contributed by atoms with van der Waals surface area (Å²) in [4.78, 5) is 10.6. The van der Waals surface area contributed by atoms with Gasteiger partial charge in [-0.3, -0.25) is 4.79 Å². The number of carbonyl (C=O) groups is 1. The lowest BCUT2D eigenvalue weighted by molar-refractivity contribution is -0.154. The first-order valence-electron chi connectivity index (χ1n) is 3.99. The van der Waals surface area contributed by atoms with Crippen molar-refractivity contribution in [1.82, 2.24) is 0 Å². The molecule has 0 radical (unpaired) electrons. The van der Waals surface area contributed by atoms with Gasteiger partial charge in [-0.15, -0.1) is 0 Å². The van der Waals surface area contributed by atoms with Crippen molar-refractivity contribution < 1.29 is 14.6 Å². The highest BCUT2D eigenvalue weighted by atomic mass is 16.5. The Bertz CT molecular complexity index is 155. The Hall–Kier alpha value is -0.570. The van der Waals surface area contributed by atoms with Crippen molar-refractivity contribution in [3.63, 3.8) is 0 Å². The third kappa shape index (κ3) is 1.93. The predicted molar refractivity (Wildman–Crippen MR) is 40.4 cm³/mol. The molecule has 3 atom stereocenters. The molecule has 1 aliphatic rings. The molecule has 0 aromatic carbocycles. The Balaban J connectivity index is 2.50. The summed E-state index contributed by atoms with van der Waals surface area (Å²) in [7, 11) is 0. The largest absolute Gasteiger partial charge is 0.481 e. The molecule has 1 saturated heterocycles. The first-order valence-corrected chi connectivity index (χ1v) is 3.99. The van der Waals surface area contributed by atoms with E-state index >= 15 is 0 Å². The number of rotatable bonds is 1. The first-order chi connectivity index (χ1) is 5.11. The second-order valence-corrected chi connectivity index (χ2v) is 3.17. The summed E-state index contributed by atoms with van der Waals surface area (Å²) in [6, 6.07) is 0. The molecule has 64 valence electrons. The lowest BCUT2D eigenvalue weighted by Crippen LogP contribution is -2.36. The third-order valence-electron chi connectivity index (χ3n) is 2.21. The normalized spacial score (nSPS) is 38.5. The maximum absolute atomic E-state index is 10.6. The number of carboxylic acid groups (broad SMARTS) is 1. The summed E-state index contributed by atoms with van der Waals surface area (Å²) in [5.74, 6) is -1.03. The summed E-state index contributed by atoms with van der Waals surface area (Å²) in [5, 5.41) is 8.71. The minimum Gasteiger partial charge on any atom is -0.481 e. The molecule has 3 nitrogen and oxygen atoms in total. The molecule has 1 fully saturated rings. The van der Waals surface area contributed by atoms with E-state index in [-0.39, 0.29) is 18.1 Å². The van der Waals surface area contributed by atoms with Crippen LogP contribution in [0.5, 0.6) is 0 Å². The lowest BCUT2D eigenvalue weighted by Gasteiger charge is -2.30. The standard InChI is InChI=1S/C8H14O3/c1-5-3-4-7(8(9)10)6(2)11-5/h5-7H,3-4H2,1-2H3,(H,9,10)/t5-,6+,7-/m1/s1. The van der Waals surface area contributed by atoms with E-state index in [9.17, 15) is 4.79 Å². The van der Waals surface area contributed by atoms with Gasteiger partial charge in [0.1, 0.15) is 0 Å². The van der Waals surface area contributed by atoms with Crippen molar-refractivity contribution in [2.45, 2.75) is 38.9 Å². The van der Waals surface area contributed by atoms with Gasteiger partial charge in [-0.1, -0.05) is 0 Å². The fourth-order valence-electron chi connectivity index (χ4n) is 1.50. The molecule has 0 bridgehead atoms. The molecule has 1 rings (SSSR count). The minimum absolute atomic E-state index is 0.128. The van der Waals surface area contributed by atoms with E-state index in [2.05, 4.69) is 0 Å². The molecule has 0 amide bonds. The quantitative estimate of drug-likeness (QED) is 0.625. The van der Waals surface area contributed by atoms with Gasteiger partial charge in [0.25, 0.3) is 0 Å². The van der Waals surface area contributed by atoms with Crippen LogP contribution in [-0.2, 0) is 9.53 Å². The van der Waals surface area contributed by atoms with Crippen LogP contribution in [0.15, 0.2) is 0 Å². The van der Waals surface area contributed by atoms with Gasteiger partial charge in [0.15, 0.2) is 0 Å². The van der Waals surface area contributed by atoms with Crippen LogP contribution in [0.25, 0.3) is 0 Å². The highest BCUT2D eigenvalue weighted by Gasteiger charge is 2.30. The zero-order valence-electron chi connectivity index (χ0n) is 6.91. The van der Waals surface area contributed by atoms with Gasteiger partial charge in [-0.2, -0.15) is 0 Å². The van der Waals surface area contributed by atoms with Crippen molar-refractivity contribution in [3.05, 3.63) is 0 Å².